The van der Waals surface area contributed by atoms with Crippen LogP contribution in [0.15, 0.2) is 0 Å². The van der Waals surface area contributed by atoms with Gasteiger partial charge in [-0.25, -0.2) is 0 Å². The number of carbonyl (C=O) groups is 1. The van der Waals surface area contributed by atoms with Crippen LogP contribution in [0.1, 0.15) is 48.0 Å². The topological polar surface area (TPSA) is 35.5 Å². The van der Waals surface area contributed by atoms with E-state index in [-0.39, 0.29) is 18.2 Å². The van der Waals surface area contributed by atoms with Crippen molar-refractivity contribution in [2.75, 3.05) is 6.61 Å². The van der Waals surface area contributed by atoms with E-state index in [0.29, 0.717) is 6.61 Å². The first-order chi connectivity index (χ1) is 6.77. The Morgan fingerprint density at radius 1 is 1.20 bits per heavy atom. The van der Waals surface area contributed by atoms with Gasteiger partial charge in [-0.3, -0.25) is 4.79 Å². The molecule has 0 aromatic rings. The van der Waals surface area contributed by atoms with Crippen LogP contribution in [-0.2, 0) is 14.3 Å². The highest BCUT2D eigenvalue weighted by atomic mass is 16.6. The van der Waals surface area contributed by atoms with Gasteiger partial charge in [-0.2, -0.15) is 0 Å². The highest BCUT2D eigenvalue weighted by Gasteiger charge is 2.24. The van der Waals surface area contributed by atoms with E-state index in [9.17, 15) is 4.79 Å². The SMILES string of the molecule is CCC(C)OCC(C)OC(=O)C(C)(C)C. The van der Waals surface area contributed by atoms with Gasteiger partial charge in [0.25, 0.3) is 0 Å². The maximum Gasteiger partial charge on any atom is 0.311 e. The summed E-state index contributed by atoms with van der Waals surface area (Å²) in [5.74, 6) is -0.178. The molecule has 0 bridgehead atoms. The van der Waals surface area contributed by atoms with Crippen molar-refractivity contribution in [3.63, 3.8) is 0 Å². The first-order valence-corrected chi connectivity index (χ1v) is 5.60. The molecule has 2 unspecified atom stereocenters. The molecule has 90 valence electrons. The highest BCUT2D eigenvalue weighted by Crippen LogP contribution is 2.16. The summed E-state index contributed by atoms with van der Waals surface area (Å²) in [4.78, 5) is 11.5. The van der Waals surface area contributed by atoms with Crippen LogP contribution in [0.2, 0.25) is 0 Å². The van der Waals surface area contributed by atoms with Crippen LogP contribution in [0.4, 0.5) is 0 Å². The fourth-order valence-electron chi connectivity index (χ4n) is 0.811. The molecule has 0 N–H and O–H groups in total. The molecule has 2 atom stereocenters. The number of hydrogen-bond acceptors (Lipinski definition) is 3. The zero-order chi connectivity index (χ0) is 12.1. The van der Waals surface area contributed by atoms with Crippen LogP contribution >= 0.6 is 0 Å². The third kappa shape index (κ3) is 6.50. The quantitative estimate of drug-likeness (QED) is 0.663. The summed E-state index contributed by atoms with van der Waals surface area (Å²) in [5, 5.41) is 0. The van der Waals surface area contributed by atoms with Crippen LogP contribution in [0.25, 0.3) is 0 Å². The molecule has 0 spiro atoms. The molecule has 3 nitrogen and oxygen atoms in total. The Bertz CT molecular complexity index is 194. The largest absolute Gasteiger partial charge is 0.460 e. The summed E-state index contributed by atoms with van der Waals surface area (Å²) in [6, 6.07) is 0. The number of rotatable bonds is 5. The lowest BCUT2D eigenvalue weighted by Crippen LogP contribution is -2.30. The molecule has 3 heteroatoms. The summed E-state index contributed by atoms with van der Waals surface area (Å²) in [6.45, 7) is 11.9. The van der Waals surface area contributed by atoms with Gasteiger partial charge in [0.05, 0.1) is 18.1 Å². The molecule has 0 aliphatic heterocycles. The van der Waals surface area contributed by atoms with E-state index in [0.717, 1.165) is 6.42 Å². The standard InChI is InChI=1S/C12H24O3/c1-7-9(2)14-8-10(3)15-11(13)12(4,5)6/h9-10H,7-8H2,1-6H3. The van der Waals surface area contributed by atoms with Gasteiger partial charge in [0.15, 0.2) is 0 Å². The van der Waals surface area contributed by atoms with E-state index >= 15 is 0 Å². The van der Waals surface area contributed by atoms with E-state index in [1.165, 1.54) is 0 Å². The zero-order valence-electron chi connectivity index (χ0n) is 10.8. The van der Waals surface area contributed by atoms with E-state index < -0.39 is 5.41 Å². The number of hydrogen-bond donors (Lipinski definition) is 0. The van der Waals surface area contributed by atoms with Gasteiger partial charge in [0.1, 0.15) is 6.10 Å². The highest BCUT2D eigenvalue weighted by molar-refractivity contribution is 5.75. The minimum absolute atomic E-state index is 0.175. The minimum Gasteiger partial charge on any atom is -0.460 e. The number of carbonyl (C=O) groups excluding carboxylic acids is 1. The number of ether oxygens (including phenoxy) is 2. The maximum absolute atomic E-state index is 11.5. The summed E-state index contributed by atoms with van der Waals surface area (Å²) in [5.41, 5.74) is -0.440. The van der Waals surface area contributed by atoms with E-state index in [1.807, 2.05) is 34.6 Å². The Morgan fingerprint density at radius 3 is 2.13 bits per heavy atom. The zero-order valence-corrected chi connectivity index (χ0v) is 10.8. The fraction of sp³-hybridized carbons (Fsp3) is 0.917. The molecule has 0 aliphatic carbocycles. The van der Waals surface area contributed by atoms with E-state index in [1.54, 1.807) is 0 Å². The van der Waals surface area contributed by atoms with Crippen LogP contribution in [-0.4, -0.2) is 24.8 Å². The lowest BCUT2D eigenvalue weighted by molar-refractivity contribution is -0.161. The molecular weight excluding hydrogens is 192 g/mol. The van der Waals surface area contributed by atoms with Crippen molar-refractivity contribution in [2.24, 2.45) is 5.41 Å². The van der Waals surface area contributed by atoms with Gasteiger partial charge in [-0.05, 0) is 41.0 Å². The molecule has 0 aromatic carbocycles. The molecular formula is C12H24O3. The van der Waals surface area contributed by atoms with Gasteiger partial charge in [-0.15, -0.1) is 0 Å². The molecule has 0 radical (unpaired) electrons. The Balaban J connectivity index is 3.84. The molecule has 0 rings (SSSR count). The molecule has 0 heterocycles. The second kappa shape index (κ2) is 6.11. The smallest absolute Gasteiger partial charge is 0.311 e. The van der Waals surface area contributed by atoms with Crippen molar-refractivity contribution in [3.8, 4) is 0 Å². The minimum atomic E-state index is -0.440. The predicted molar refractivity (Wildman–Crippen MR) is 60.7 cm³/mol. The fourth-order valence-corrected chi connectivity index (χ4v) is 0.811. The molecule has 0 saturated carbocycles. The van der Waals surface area contributed by atoms with Gasteiger partial charge in [0.2, 0.25) is 0 Å². The van der Waals surface area contributed by atoms with Gasteiger partial charge < -0.3 is 9.47 Å². The lowest BCUT2D eigenvalue weighted by atomic mass is 9.97. The third-order valence-electron chi connectivity index (χ3n) is 2.11. The normalized spacial score (nSPS) is 15.9. The first-order valence-electron chi connectivity index (χ1n) is 5.60. The second-order valence-corrected chi connectivity index (χ2v) is 5.02. The maximum atomic E-state index is 11.5. The van der Waals surface area contributed by atoms with Crippen LogP contribution in [0.5, 0.6) is 0 Å². The average molecular weight is 216 g/mol. The summed E-state index contributed by atoms with van der Waals surface area (Å²) >= 11 is 0. The average Bonchev–Trinajstić information content (AvgIpc) is 2.12. The van der Waals surface area contributed by atoms with E-state index in [4.69, 9.17) is 9.47 Å². The molecule has 0 saturated heterocycles. The number of esters is 1. The van der Waals surface area contributed by atoms with Crippen molar-refractivity contribution in [1.29, 1.82) is 0 Å². The molecule has 0 aliphatic rings. The molecule has 15 heavy (non-hydrogen) atoms. The molecule has 0 fully saturated rings. The summed E-state index contributed by atoms with van der Waals surface area (Å²) < 4.78 is 10.7. The summed E-state index contributed by atoms with van der Waals surface area (Å²) in [6.07, 6.45) is 1.02. The van der Waals surface area contributed by atoms with Gasteiger partial charge >= 0.3 is 5.97 Å². The van der Waals surface area contributed by atoms with Gasteiger partial charge in [-0.1, -0.05) is 6.92 Å². The monoisotopic (exact) mass is 216 g/mol. The Labute approximate surface area is 93.1 Å². The summed E-state index contributed by atoms with van der Waals surface area (Å²) in [7, 11) is 0. The van der Waals surface area contributed by atoms with Gasteiger partial charge in [0, 0.05) is 0 Å². The van der Waals surface area contributed by atoms with Crippen LogP contribution in [0, 0.1) is 5.41 Å². The Morgan fingerprint density at radius 2 is 1.73 bits per heavy atom. The Kier molecular flexibility index (Phi) is 5.88. The van der Waals surface area contributed by atoms with Crippen molar-refractivity contribution in [1.82, 2.24) is 0 Å². The van der Waals surface area contributed by atoms with Crippen molar-refractivity contribution >= 4 is 5.97 Å². The van der Waals surface area contributed by atoms with E-state index in [2.05, 4.69) is 6.92 Å². The van der Waals surface area contributed by atoms with Crippen LogP contribution in [0.3, 0.4) is 0 Å². The third-order valence-corrected chi connectivity index (χ3v) is 2.11. The van der Waals surface area contributed by atoms with Crippen LogP contribution < -0.4 is 0 Å². The van der Waals surface area contributed by atoms with Crippen molar-refractivity contribution < 1.29 is 14.3 Å². The van der Waals surface area contributed by atoms with Crippen molar-refractivity contribution in [3.05, 3.63) is 0 Å². The van der Waals surface area contributed by atoms with Crippen molar-refractivity contribution in [2.45, 2.75) is 60.2 Å². The molecule has 0 amide bonds. The lowest BCUT2D eigenvalue weighted by Gasteiger charge is -2.21. The first kappa shape index (κ1) is 14.4. The Hall–Kier alpha value is -0.570. The second-order valence-electron chi connectivity index (χ2n) is 5.02. The molecule has 0 aromatic heterocycles. The predicted octanol–water partition coefficient (Wildman–Crippen LogP) is 2.78.